The lowest BCUT2D eigenvalue weighted by molar-refractivity contribution is -0.945. The highest BCUT2D eigenvalue weighted by Gasteiger charge is 2.35. The summed E-state index contributed by atoms with van der Waals surface area (Å²) in [6.45, 7) is 3.64. The summed E-state index contributed by atoms with van der Waals surface area (Å²) < 4.78 is 10.1. The Labute approximate surface area is 291 Å². The monoisotopic (exact) mass is 742 g/mol. The van der Waals surface area contributed by atoms with Crippen LogP contribution >= 0.6 is 23.2 Å². The molecule has 1 saturated heterocycles. The summed E-state index contributed by atoms with van der Waals surface area (Å²) in [5, 5.41) is 16.2. The maximum atomic E-state index is 13.3. The Kier molecular flexibility index (Phi) is 10.5. The third-order valence-electron chi connectivity index (χ3n) is 8.59. The number of aryl methyl sites for hydroxylation is 2. The molecule has 1 aliphatic rings. The summed E-state index contributed by atoms with van der Waals surface area (Å²) in [5.41, 5.74) is 2.42. The van der Waals surface area contributed by atoms with Crippen molar-refractivity contribution in [3.8, 4) is 16.9 Å². The van der Waals surface area contributed by atoms with Crippen molar-refractivity contribution in [2.45, 2.75) is 25.8 Å². The second kappa shape index (κ2) is 14.4. The number of piperidine rings is 1. The number of quaternary nitrogens is 1. The Morgan fingerprint density at radius 3 is 2.43 bits per heavy atom. The van der Waals surface area contributed by atoms with Crippen molar-refractivity contribution in [3.05, 3.63) is 97.3 Å². The number of halogens is 3. The van der Waals surface area contributed by atoms with E-state index in [1.165, 1.54) is 17.3 Å². The van der Waals surface area contributed by atoms with E-state index in [-0.39, 0.29) is 28.4 Å². The first kappa shape index (κ1) is 34.3. The minimum Gasteiger partial charge on any atom is -1.00 e. The van der Waals surface area contributed by atoms with Crippen LogP contribution in [0.1, 0.15) is 25.0 Å². The van der Waals surface area contributed by atoms with E-state index in [9.17, 15) is 14.9 Å². The zero-order valence-corrected chi connectivity index (χ0v) is 28.9. The number of rotatable bonds is 10. The molecule has 15 heteroatoms. The molecule has 0 bridgehead atoms. The van der Waals surface area contributed by atoms with E-state index in [0.29, 0.717) is 62.7 Å². The van der Waals surface area contributed by atoms with Crippen LogP contribution in [0.5, 0.6) is 5.75 Å². The predicted octanol–water partition coefficient (Wildman–Crippen LogP) is 3.27. The van der Waals surface area contributed by atoms with Gasteiger partial charge in [0.05, 0.1) is 28.7 Å². The van der Waals surface area contributed by atoms with E-state index in [1.54, 1.807) is 49.1 Å². The molecule has 3 aromatic heterocycles. The van der Waals surface area contributed by atoms with Gasteiger partial charge in [0.25, 0.3) is 5.56 Å². The number of hydrogen-bond acceptors (Lipinski definition) is 8. The molecule has 0 spiro atoms. The molecule has 6 rings (SSSR count). The third kappa shape index (κ3) is 7.28. The molecule has 2 aromatic carbocycles. The highest BCUT2D eigenvalue weighted by atomic mass is 79.9. The van der Waals surface area contributed by atoms with Crippen LogP contribution in [0, 0.1) is 10.1 Å². The lowest BCUT2D eigenvalue weighted by Gasteiger charge is -2.41. The number of likely N-dealkylation sites (tertiary alicyclic amines) is 1. The summed E-state index contributed by atoms with van der Waals surface area (Å²) >= 11 is 12.7. The van der Waals surface area contributed by atoms with Crippen molar-refractivity contribution in [1.82, 2.24) is 24.1 Å². The molecule has 4 heterocycles. The number of nitrogens with one attached hydrogen (secondary N) is 1. The quantitative estimate of drug-likeness (QED) is 0.131. The Morgan fingerprint density at radius 1 is 1.04 bits per heavy atom. The van der Waals surface area contributed by atoms with Gasteiger partial charge in [-0.1, -0.05) is 29.3 Å². The summed E-state index contributed by atoms with van der Waals surface area (Å²) in [4.78, 5) is 37.5. The second-order valence-corrected chi connectivity index (χ2v) is 12.4. The van der Waals surface area contributed by atoms with Gasteiger partial charge < -0.3 is 46.2 Å². The molecule has 0 saturated carbocycles. The maximum Gasteiger partial charge on any atom is 0.390 e. The normalized spacial score (nSPS) is 14.0. The topological polar surface area (TPSA) is 130 Å². The van der Waals surface area contributed by atoms with Gasteiger partial charge in [-0.25, -0.2) is 4.98 Å². The number of pyridine rings is 1. The molecule has 1 fully saturated rings. The van der Waals surface area contributed by atoms with Gasteiger partial charge in [0.1, 0.15) is 31.1 Å². The standard InChI is InChI=1S/C32H32Cl2N8O4.BrH/c1-39-20-36-30(41(44)45)27(39)19-42(13-4-3-5-14-42)15-16-46-23-11-9-22(10-12-23)37-32-35-18-21-17-24(31(43)40(2)29(21)38-32)28-25(33)7-6-8-26(28)34;/h6-12,17-18,20H,3-5,13-16,19H2,1-2H3;1H. The van der Waals surface area contributed by atoms with E-state index < -0.39 is 4.92 Å². The number of aromatic nitrogens is 5. The molecule has 5 aromatic rings. The summed E-state index contributed by atoms with van der Waals surface area (Å²) in [6.07, 6.45) is 6.48. The van der Waals surface area contributed by atoms with E-state index in [0.717, 1.165) is 42.6 Å². The fraction of sp³-hybridized carbons (Fsp3) is 0.312. The first-order valence-corrected chi connectivity index (χ1v) is 15.7. The van der Waals surface area contributed by atoms with Crippen molar-refractivity contribution in [1.29, 1.82) is 0 Å². The Hall–Kier alpha value is -4.04. The van der Waals surface area contributed by atoms with Crippen LogP contribution in [-0.2, 0) is 20.6 Å². The smallest absolute Gasteiger partial charge is 0.390 e. The lowest BCUT2D eigenvalue weighted by atomic mass is 10.1. The first-order chi connectivity index (χ1) is 22.1. The van der Waals surface area contributed by atoms with E-state index in [1.807, 2.05) is 24.3 Å². The van der Waals surface area contributed by atoms with Crippen molar-refractivity contribution >= 4 is 51.7 Å². The Morgan fingerprint density at radius 2 is 1.74 bits per heavy atom. The van der Waals surface area contributed by atoms with Crippen molar-refractivity contribution in [2.24, 2.45) is 14.1 Å². The average molecular weight is 744 g/mol. The molecule has 0 radical (unpaired) electrons. The molecule has 246 valence electrons. The van der Waals surface area contributed by atoms with Gasteiger partial charge in [-0.2, -0.15) is 4.98 Å². The second-order valence-electron chi connectivity index (χ2n) is 11.6. The van der Waals surface area contributed by atoms with E-state index in [2.05, 4.69) is 20.3 Å². The molecule has 12 nitrogen and oxygen atoms in total. The van der Waals surface area contributed by atoms with Gasteiger partial charge in [0.2, 0.25) is 12.3 Å². The summed E-state index contributed by atoms with van der Waals surface area (Å²) in [6, 6.07) is 14.3. The van der Waals surface area contributed by atoms with Crippen molar-refractivity contribution in [2.75, 3.05) is 31.6 Å². The molecule has 0 aliphatic carbocycles. The maximum absolute atomic E-state index is 13.3. The lowest BCUT2D eigenvalue weighted by Crippen LogP contribution is -3.00. The number of ether oxygens (including phenoxy) is 1. The highest BCUT2D eigenvalue weighted by Crippen LogP contribution is 2.34. The van der Waals surface area contributed by atoms with Gasteiger partial charge in [-0.15, -0.1) is 0 Å². The average Bonchev–Trinajstić information content (AvgIpc) is 3.40. The molecule has 1 N–H and O–H groups in total. The molecule has 0 amide bonds. The number of fused-ring (bicyclic) bond motifs is 1. The van der Waals surface area contributed by atoms with Gasteiger partial charge in [0.15, 0.2) is 5.69 Å². The number of benzene rings is 2. The molecule has 0 atom stereocenters. The summed E-state index contributed by atoms with van der Waals surface area (Å²) in [7, 11) is 3.45. The van der Waals surface area contributed by atoms with Crippen molar-refractivity contribution < 1.29 is 31.1 Å². The molecule has 1 aliphatic heterocycles. The van der Waals surface area contributed by atoms with Gasteiger partial charge in [-0.3, -0.25) is 9.36 Å². The minimum atomic E-state index is -0.402. The minimum absolute atomic E-state index is 0. The first-order valence-electron chi connectivity index (χ1n) is 14.9. The number of imidazole rings is 1. The molecule has 47 heavy (non-hydrogen) atoms. The van der Waals surface area contributed by atoms with Gasteiger partial charge in [-0.05, 0) is 71.6 Å². The van der Waals surface area contributed by atoms with Crippen LogP contribution in [0.4, 0.5) is 17.5 Å². The zero-order valence-electron chi connectivity index (χ0n) is 25.8. The van der Waals surface area contributed by atoms with Gasteiger partial charge in [0, 0.05) is 36.9 Å². The number of anilines is 2. The number of nitro groups is 1. The van der Waals surface area contributed by atoms with Crippen LogP contribution in [0.2, 0.25) is 10.0 Å². The number of nitrogens with zero attached hydrogens (tertiary/aromatic N) is 7. The van der Waals surface area contributed by atoms with E-state index >= 15 is 0 Å². The predicted molar refractivity (Wildman–Crippen MR) is 178 cm³/mol. The molecule has 0 unspecified atom stereocenters. The van der Waals surface area contributed by atoms with Crippen LogP contribution < -0.4 is 32.6 Å². The Balaban J connectivity index is 0.00000433. The zero-order chi connectivity index (χ0) is 32.4. The van der Waals surface area contributed by atoms with Crippen molar-refractivity contribution in [3.63, 3.8) is 0 Å². The molecular formula is C32H33BrCl2N8O4. The Bertz CT molecular complexity index is 1960. The summed E-state index contributed by atoms with van der Waals surface area (Å²) in [5.74, 6) is 0.972. The van der Waals surface area contributed by atoms with Crippen LogP contribution in [0.15, 0.2) is 65.8 Å². The fourth-order valence-electron chi connectivity index (χ4n) is 6.10. The van der Waals surface area contributed by atoms with Crippen LogP contribution in [-0.4, -0.2) is 59.7 Å². The van der Waals surface area contributed by atoms with Gasteiger partial charge >= 0.3 is 5.82 Å². The third-order valence-corrected chi connectivity index (χ3v) is 9.22. The SMILES string of the molecule is Cn1cnc([N+](=O)[O-])c1C[N+]1(CCOc2ccc(Nc3ncc4cc(-c5c(Cl)cccc5Cl)c(=O)n(C)c4n3)cc2)CCCCC1.[Br-]. The highest BCUT2D eigenvalue weighted by molar-refractivity contribution is 6.39. The largest absolute Gasteiger partial charge is 1.00 e. The van der Waals surface area contributed by atoms with E-state index in [4.69, 9.17) is 27.9 Å². The fourth-order valence-corrected chi connectivity index (χ4v) is 6.70. The molecular weight excluding hydrogens is 711 g/mol. The number of hydrogen-bond donors (Lipinski definition) is 1. The van der Waals surface area contributed by atoms with Crippen LogP contribution in [0.25, 0.3) is 22.2 Å². The van der Waals surface area contributed by atoms with Crippen LogP contribution in [0.3, 0.4) is 0 Å².